The molecule has 3 N–H and O–H groups in total. The summed E-state index contributed by atoms with van der Waals surface area (Å²) in [5.74, 6) is 0.745. The molecular weight excluding hydrogens is 284 g/mol. The largest absolute Gasteiger partial charge is 0.461 e. The highest BCUT2D eigenvalue weighted by molar-refractivity contribution is 5.91. The van der Waals surface area contributed by atoms with Gasteiger partial charge in [-0.3, -0.25) is 4.90 Å². The molecule has 0 aromatic heterocycles. The van der Waals surface area contributed by atoms with Crippen LogP contribution in [-0.2, 0) is 4.74 Å². The van der Waals surface area contributed by atoms with Crippen molar-refractivity contribution in [2.45, 2.75) is 12.1 Å². The van der Waals surface area contributed by atoms with E-state index in [1.54, 1.807) is 17.4 Å². The summed E-state index contributed by atoms with van der Waals surface area (Å²) in [6.45, 7) is 3.20. The van der Waals surface area contributed by atoms with E-state index in [9.17, 15) is 4.79 Å². The Morgan fingerprint density at radius 1 is 1.36 bits per heavy atom. The Morgan fingerprint density at radius 2 is 2.27 bits per heavy atom. The average molecular weight is 302 g/mol. The molecule has 0 radical (unpaired) electrons. The van der Waals surface area contributed by atoms with Crippen molar-refractivity contribution >= 4 is 17.5 Å². The molecule has 3 heterocycles. The summed E-state index contributed by atoms with van der Waals surface area (Å²) in [6.07, 6.45) is 2.88. The molecule has 1 aromatic carbocycles. The van der Waals surface area contributed by atoms with E-state index in [4.69, 9.17) is 9.47 Å². The first-order chi connectivity index (χ1) is 10.8. The number of carbonyl (C=O) groups excluding carboxylic acids is 1. The van der Waals surface area contributed by atoms with Crippen molar-refractivity contribution in [2.24, 2.45) is 0 Å². The van der Waals surface area contributed by atoms with Gasteiger partial charge in [0.2, 0.25) is 0 Å². The van der Waals surface area contributed by atoms with Crippen LogP contribution in [0.25, 0.3) is 0 Å². The number of nitrogens with zero attached hydrogens (tertiary/aromatic N) is 1. The lowest BCUT2D eigenvalue weighted by Crippen LogP contribution is -2.56. The maximum atomic E-state index is 12.1. The van der Waals surface area contributed by atoms with E-state index in [-0.39, 0.29) is 12.2 Å². The molecule has 1 atom stereocenters. The van der Waals surface area contributed by atoms with E-state index in [2.05, 4.69) is 16.0 Å². The van der Waals surface area contributed by atoms with Crippen LogP contribution in [0.15, 0.2) is 30.7 Å². The van der Waals surface area contributed by atoms with Gasteiger partial charge in [0.05, 0.1) is 12.2 Å². The third-order valence-corrected chi connectivity index (χ3v) is 4.07. The molecular formula is C15H18N4O3. The van der Waals surface area contributed by atoms with E-state index in [1.165, 1.54) is 0 Å². The van der Waals surface area contributed by atoms with Gasteiger partial charge < -0.3 is 25.4 Å². The van der Waals surface area contributed by atoms with Gasteiger partial charge in [-0.25, -0.2) is 4.79 Å². The van der Waals surface area contributed by atoms with E-state index >= 15 is 0 Å². The third kappa shape index (κ3) is 2.49. The van der Waals surface area contributed by atoms with Gasteiger partial charge in [0.1, 0.15) is 18.1 Å². The van der Waals surface area contributed by atoms with E-state index in [1.807, 2.05) is 18.2 Å². The van der Waals surface area contributed by atoms with E-state index < -0.39 is 0 Å². The second kappa shape index (κ2) is 5.51. The number of hydrogen-bond donors (Lipinski definition) is 3. The highest BCUT2D eigenvalue weighted by atomic mass is 16.6. The highest BCUT2D eigenvalue weighted by Gasteiger charge is 2.33. The molecule has 7 nitrogen and oxygen atoms in total. The molecule has 0 aliphatic carbocycles. The molecule has 0 bridgehead atoms. The average Bonchev–Trinajstić information content (AvgIpc) is 2.86. The molecule has 0 spiro atoms. The fraction of sp³-hybridized carbons (Fsp3) is 0.400. The van der Waals surface area contributed by atoms with Crippen LogP contribution in [0.4, 0.5) is 16.2 Å². The third-order valence-electron chi connectivity index (χ3n) is 4.07. The van der Waals surface area contributed by atoms with Gasteiger partial charge in [0, 0.05) is 37.6 Å². The summed E-state index contributed by atoms with van der Waals surface area (Å²) in [6, 6.07) is 6.10. The number of carbonyl (C=O) groups is 1. The fourth-order valence-electron chi connectivity index (χ4n) is 2.70. The van der Waals surface area contributed by atoms with Crippen molar-refractivity contribution in [3.8, 4) is 5.75 Å². The van der Waals surface area contributed by atoms with Gasteiger partial charge >= 0.3 is 6.09 Å². The molecule has 1 amide bonds. The van der Waals surface area contributed by atoms with Crippen molar-refractivity contribution in [3.05, 3.63) is 30.7 Å². The molecule has 4 rings (SSSR count). The van der Waals surface area contributed by atoms with Crippen LogP contribution in [0.2, 0.25) is 0 Å². The first kappa shape index (κ1) is 13.4. The van der Waals surface area contributed by atoms with Crippen LogP contribution >= 0.6 is 0 Å². The van der Waals surface area contributed by atoms with Gasteiger partial charge in [0.25, 0.3) is 0 Å². The molecule has 1 aromatic rings. The lowest BCUT2D eigenvalue weighted by Gasteiger charge is -2.28. The Bertz CT molecular complexity index is 615. The fourth-order valence-corrected chi connectivity index (χ4v) is 2.70. The SMILES string of the molecule is O=C1O[C@H](CNC2CNC2)CN1c1ccc2c(c1)NC=CO2. The molecule has 3 aliphatic rings. The summed E-state index contributed by atoms with van der Waals surface area (Å²) in [5.41, 5.74) is 1.65. The number of rotatable bonds is 4. The van der Waals surface area contributed by atoms with Crippen molar-refractivity contribution in [3.63, 3.8) is 0 Å². The van der Waals surface area contributed by atoms with Gasteiger partial charge in [-0.1, -0.05) is 0 Å². The molecule has 3 aliphatic heterocycles. The smallest absolute Gasteiger partial charge is 0.414 e. The lowest BCUT2D eigenvalue weighted by molar-refractivity contribution is 0.136. The van der Waals surface area contributed by atoms with Crippen molar-refractivity contribution in [1.82, 2.24) is 10.6 Å². The second-order valence-electron chi connectivity index (χ2n) is 5.63. The Hall–Kier alpha value is -2.25. The number of hydrogen-bond acceptors (Lipinski definition) is 6. The van der Waals surface area contributed by atoms with E-state index in [0.29, 0.717) is 19.1 Å². The quantitative estimate of drug-likeness (QED) is 0.765. The number of benzene rings is 1. The van der Waals surface area contributed by atoms with Crippen molar-refractivity contribution in [2.75, 3.05) is 36.4 Å². The normalized spacial score (nSPS) is 23.4. The zero-order chi connectivity index (χ0) is 14.9. The highest BCUT2D eigenvalue weighted by Crippen LogP contribution is 2.33. The molecule has 0 unspecified atom stereocenters. The minimum atomic E-state index is -0.300. The Kier molecular flexibility index (Phi) is 3.36. The zero-order valence-corrected chi connectivity index (χ0v) is 12.0. The van der Waals surface area contributed by atoms with Gasteiger partial charge in [0.15, 0.2) is 0 Å². The summed E-state index contributed by atoms with van der Waals surface area (Å²) in [5, 5.41) is 9.70. The summed E-state index contributed by atoms with van der Waals surface area (Å²) in [4.78, 5) is 13.7. The first-order valence-corrected chi connectivity index (χ1v) is 7.44. The number of ether oxygens (including phenoxy) is 2. The second-order valence-corrected chi connectivity index (χ2v) is 5.63. The van der Waals surface area contributed by atoms with Crippen LogP contribution in [-0.4, -0.2) is 44.4 Å². The predicted molar refractivity (Wildman–Crippen MR) is 82.1 cm³/mol. The van der Waals surface area contributed by atoms with Gasteiger partial charge in [-0.05, 0) is 18.2 Å². The van der Waals surface area contributed by atoms with E-state index in [0.717, 1.165) is 30.2 Å². The van der Waals surface area contributed by atoms with Crippen LogP contribution in [0.1, 0.15) is 0 Å². The summed E-state index contributed by atoms with van der Waals surface area (Å²) in [7, 11) is 0. The number of fused-ring (bicyclic) bond motifs is 1. The van der Waals surface area contributed by atoms with Gasteiger partial charge in [-0.2, -0.15) is 0 Å². The van der Waals surface area contributed by atoms with Crippen LogP contribution in [0, 0.1) is 0 Å². The predicted octanol–water partition coefficient (Wildman–Crippen LogP) is 0.849. The van der Waals surface area contributed by atoms with Crippen molar-refractivity contribution < 1.29 is 14.3 Å². The van der Waals surface area contributed by atoms with Crippen LogP contribution in [0.5, 0.6) is 5.75 Å². The molecule has 2 fully saturated rings. The van der Waals surface area contributed by atoms with Gasteiger partial charge in [-0.15, -0.1) is 0 Å². The number of cyclic esters (lactones) is 1. The maximum absolute atomic E-state index is 12.1. The molecule has 7 heteroatoms. The zero-order valence-electron chi connectivity index (χ0n) is 12.0. The van der Waals surface area contributed by atoms with Crippen molar-refractivity contribution in [1.29, 1.82) is 0 Å². The minimum absolute atomic E-state index is 0.117. The monoisotopic (exact) mass is 302 g/mol. The molecule has 0 saturated carbocycles. The number of amides is 1. The minimum Gasteiger partial charge on any atom is -0.461 e. The Morgan fingerprint density at radius 3 is 3.09 bits per heavy atom. The number of nitrogens with one attached hydrogen (secondary N) is 3. The molecule has 2 saturated heterocycles. The molecule has 116 valence electrons. The lowest BCUT2D eigenvalue weighted by atomic mass is 10.1. The maximum Gasteiger partial charge on any atom is 0.414 e. The Balaban J connectivity index is 1.42. The number of anilines is 2. The van der Waals surface area contributed by atoms with Crippen LogP contribution in [0.3, 0.4) is 0 Å². The first-order valence-electron chi connectivity index (χ1n) is 7.44. The Labute approximate surface area is 128 Å². The standard InChI is InChI=1S/C15H18N4O3/c20-15-19(9-12(22-15)8-18-10-6-16-7-10)11-1-2-14-13(5-11)17-3-4-21-14/h1-5,10,12,16-18H,6-9H2/t12-/m1/s1. The topological polar surface area (TPSA) is 74.9 Å². The molecule has 22 heavy (non-hydrogen) atoms. The summed E-state index contributed by atoms with van der Waals surface area (Å²) < 4.78 is 10.8. The summed E-state index contributed by atoms with van der Waals surface area (Å²) >= 11 is 0. The van der Waals surface area contributed by atoms with Crippen LogP contribution < -0.4 is 25.6 Å².